The molecule has 2 rings (SSSR count). The number of halogens is 3. The van der Waals surface area contributed by atoms with Crippen LogP contribution in [0.15, 0.2) is 53.4 Å². The molecule has 170 valence electrons. The normalized spacial score (nSPS) is 14.0. The maximum atomic E-state index is 12.2. The number of amides is 1. The predicted molar refractivity (Wildman–Crippen MR) is 107 cm³/mol. The zero-order valence-electron chi connectivity index (χ0n) is 16.8. The summed E-state index contributed by atoms with van der Waals surface area (Å²) in [4.78, 5) is 12.3. The van der Waals surface area contributed by atoms with Crippen LogP contribution in [-0.4, -0.2) is 38.4 Å². The van der Waals surface area contributed by atoms with Gasteiger partial charge in [-0.1, -0.05) is 19.1 Å². The second kappa shape index (κ2) is 10.1. The van der Waals surface area contributed by atoms with Gasteiger partial charge in [0, 0.05) is 18.2 Å². The van der Waals surface area contributed by atoms with Crippen LogP contribution in [0.5, 0.6) is 5.75 Å². The molecule has 2 aromatic carbocycles. The number of benzene rings is 2. The minimum atomic E-state index is -4.81. The summed E-state index contributed by atoms with van der Waals surface area (Å²) in [5, 5.41) is 12.6. The highest BCUT2D eigenvalue weighted by molar-refractivity contribution is 7.89. The number of hydrogen-bond donors (Lipinski definition) is 3. The first-order valence-corrected chi connectivity index (χ1v) is 10.8. The lowest BCUT2D eigenvalue weighted by molar-refractivity contribution is -0.274. The summed E-state index contributed by atoms with van der Waals surface area (Å²) in [6.45, 7) is 3.38. The molecule has 1 amide bonds. The molecule has 0 aromatic heterocycles. The first-order valence-electron chi connectivity index (χ1n) is 9.35. The fourth-order valence-corrected chi connectivity index (χ4v) is 3.83. The van der Waals surface area contributed by atoms with Gasteiger partial charge in [0.25, 0.3) is 5.91 Å². The van der Waals surface area contributed by atoms with E-state index in [1.165, 1.54) is 36.4 Å². The van der Waals surface area contributed by atoms with Crippen molar-refractivity contribution >= 4 is 15.9 Å². The monoisotopic (exact) mass is 460 g/mol. The van der Waals surface area contributed by atoms with Gasteiger partial charge in [-0.15, -0.1) is 13.2 Å². The Morgan fingerprint density at radius 1 is 1.10 bits per heavy atom. The minimum absolute atomic E-state index is 0.0190. The van der Waals surface area contributed by atoms with Gasteiger partial charge in [0.05, 0.1) is 11.0 Å². The number of hydrogen-bond acceptors (Lipinski definition) is 5. The molecule has 0 bridgehead atoms. The lowest BCUT2D eigenvalue weighted by Crippen LogP contribution is -2.32. The second-order valence-electron chi connectivity index (χ2n) is 6.80. The summed E-state index contributed by atoms with van der Waals surface area (Å²) in [5.41, 5.74) is 0.469. The van der Waals surface area contributed by atoms with Crippen molar-refractivity contribution in [3.05, 3.63) is 59.7 Å². The number of aliphatic hydroxyl groups excluding tert-OH is 1. The van der Waals surface area contributed by atoms with E-state index in [4.69, 9.17) is 0 Å². The number of sulfonamides is 1. The van der Waals surface area contributed by atoms with Gasteiger partial charge in [-0.3, -0.25) is 4.79 Å². The maximum absolute atomic E-state index is 12.2. The average molecular weight is 460 g/mol. The predicted octanol–water partition coefficient (Wildman–Crippen LogP) is 3.13. The van der Waals surface area contributed by atoms with Gasteiger partial charge in [0.15, 0.2) is 0 Å². The van der Waals surface area contributed by atoms with Crippen LogP contribution in [0.2, 0.25) is 0 Å². The Bertz CT molecular complexity index is 977. The highest BCUT2D eigenvalue weighted by Gasteiger charge is 2.31. The molecule has 7 nitrogen and oxygen atoms in total. The quantitative estimate of drug-likeness (QED) is 0.533. The molecule has 31 heavy (non-hydrogen) atoms. The molecule has 0 heterocycles. The highest BCUT2D eigenvalue weighted by Crippen LogP contribution is 2.24. The SMILES string of the molecule is CCC(C)NS(=O)(=O)c1ccc(C(=O)NCC(O)c2ccc(OC(F)(F)F)cc2)cc1. The van der Waals surface area contributed by atoms with Crippen molar-refractivity contribution in [2.75, 3.05) is 6.54 Å². The maximum Gasteiger partial charge on any atom is 0.573 e. The first kappa shape index (κ1) is 24.6. The standard InChI is InChI=1S/C20H23F3N2O5S/c1-3-13(2)25-31(28,29)17-10-6-15(7-11-17)19(27)24-12-18(26)14-4-8-16(9-5-14)30-20(21,22)23/h4-11,13,18,25-26H,3,12H2,1-2H3,(H,24,27). The summed E-state index contributed by atoms with van der Waals surface area (Å²) in [6, 6.07) is 9.67. The smallest absolute Gasteiger partial charge is 0.406 e. The lowest BCUT2D eigenvalue weighted by Gasteiger charge is -2.14. The first-order chi connectivity index (χ1) is 14.4. The Labute approximate surface area is 178 Å². The van der Waals surface area contributed by atoms with Crippen molar-refractivity contribution < 1.29 is 36.2 Å². The summed E-state index contributed by atoms with van der Waals surface area (Å²) >= 11 is 0. The molecule has 0 aliphatic heterocycles. The van der Waals surface area contributed by atoms with Gasteiger partial charge in [-0.25, -0.2) is 13.1 Å². The van der Waals surface area contributed by atoms with E-state index in [1.807, 2.05) is 6.92 Å². The molecule has 2 aromatic rings. The third-order valence-corrected chi connectivity index (χ3v) is 5.96. The zero-order chi connectivity index (χ0) is 23.2. The molecule has 0 saturated carbocycles. The van der Waals surface area contributed by atoms with Crippen LogP contribution in [0.25, 0.3) is 0 Å². The van der Waals surface area contributed by atoms with Crippen molar-refractivity contribution in [2.45, 2.75) is 43.7 Å². The number of carbonyl (C=O) groups excluding carboxylic acids is 1. The Morgan fingerprint density at radius 2 is 1.68 bits per heavy atom. The molecule has 0 aliphatic carbocycles. The zero-order valence-corrected chi connectivity index (χ0v) is 17.6. The topological polar surface area (TPSA) is 105 Å². The van der Waals surface area contributed by atoms with Crippen molar-refractivity contribution in [3.63, 3.8) is 0 Å². The van der Waals surface area contributed by atoms with Crippen molar-refractivity contribution in [1.29, 1.82) is 0 Å². The van der Waals surface area contributed by atoms with Gasteiger partial charge in [0.1, 0.15) is 5.75 Å². The van der Waals surface area contributed by atoms with Crippen LogP contribution >= 0.6 is 0 Å². The Morgan fingerprint density at radius 3 is 2.19 bits per heavy atom. The molecule has 11 heteroatoms. The Hall–Kier alpha value is -2.63. The van der Waals surface area contributed by atoms with Crippen LogP contribution in [0.1, 0.15) is 42.3 Å². The molecule has 0 fully saturated rings. The van der Waals surface area contributed by atoms with E-state index >= 15 is 0 Å². The third kappa shape index (κ3) is 7.53. The van der Waals surface area contributed by atoms with E-state index < -0.39 is 34.1 Å². The number of ether oxygens (including phenoxy) is 1. The fraction of sp³-hybridized carbons (Fsp3) is 0.350. The average Bonchev–Trinajstić information content (AvgIpc) is 2.70. The summed E-state index contributed by atoms with van der Waals surface area (Å²) in [7, 11) is -3.69. The molecule has 2 atom stereocenters. The molecule has 0 saturated heterocycles. The van der Waals surface area contributed by atoms with E-state index in [-0.39, 0.29) is 28.6 Å². The third-order valence-electron chi connectivity index (χ3n) is 4.35. The molecule has 0 radical (unpaired) electrons. The number of aliphatic hydroxyl groups is 1. The van der Waals surface area contributed by atoms with Gasteiger partial charge in [-0.2, -0.15) is 0 Å². The molecule has 2 unspecified atom stereocenters. The van der Waals surface area contributed by atoms with Gasteiger partial charge in [-0.05, 0) is 55.3 Å². The van der Waals surface area contributed by atoms with E-state index in [0.717, 1.165) is 12.1 Å². The van der Waals surface area contributed by atoms with Crippen molar-refractivity contribution in [3.8, 4) is 5.75 Å². The lowest BCUT2D eigenvalue weighted by atomic mass is 10.1. The Kier molecular flexibility index (Phi) is 8.04. The van der Waals surface area contributed by atoms with Gasteiger partial charge >= 0.3 is 6.36 Å². The van der Waals surface area contributed by atoms with Gasteiger partial charge in [0.2, 0.25) is 10.0 Å². The van der Waals surface area contributed by atoms with E-state index in [1.54, 1.807) is 6.92 Å². The van der Waals surface area contributed by atoms with Crippen LogP contribution in [0, 0.1) is 0 Å². The van der Waals surface area contributed by atoms with Crippen molar-refractivity contribution in [2.24, 2.45) is 0 Å². The van der Waals surface area contributed by atoms with E-state index in [0.29, 0.717) is 6.42 Å². The largest absolute Gasteiger partial charge is 0.573 e. The summed E-state index contributed by atoms with van der Waals surface area (Å²) < 4.78 is 67.3. The van der Waals surface area contributed by atoms with E-state index in [2.05, 4.69) is 14.8 Å². The highest BCUT2D eigenvalue weighted by atomic mass is 32.2. The second-order valence-corrected chi connectivity index (χ2v) is 8.51. The molecular formula is C20H23F3N2O5S. The molecule has 3 N–H and O–H groups in total. The minimum Gasteiger partial charge on any atom is -0.406 e. The van der Waals surface area contributed by atoms with Crippen molar-refractivity contribution in [1.82, 2.24) is 10.0 Å². The molecule has 0 spiro atoms. The molecule has 0 aliphatic rings. The number of alkyl halides is 3. The Balaban J connectivity index is 1.95. The summed E-state index contributed by atoms with van der Waals surface area (Å²) in [6.07, 6.45) is -5.35. The number of carbonyl (C=O) groups is 1. The summed E-state index contributed by atoms with van der Waals surface area (Å²) in [5.74, 6) is -0.972. The van der Waals surface area contributed by atoms with Crippen LogP contribution in [0.3, 0.4) is 0 Å². The molecular weight excluding hydrogens is 437 g/mol. The number of nitrogens with one attached hydrogen (secondary N) is 2. The van der Waals surface area contributed by atoms with Crippen LogP contribution < -0.4 is 14.8 Å². The van der Waals surface area contributed by atoms with Crippen LogP contribution in [-0.2, 0) is 10.0 Å². The number of rotatable bonds is 9. The van der Waals surface area contributed by atoms with Crippen LogP contribution in [0.4, 0.5) is 13.2 Å². The van der Waals surface area contributed by atoms with Gasteiger partial charge < -0.3 is 15.2 Å². The van der Waals surface area contributed by atoms with E-state index in [9.17, 15) is 31.5 Å². The fourth-order valence-electron chi connectivity index (χ4n) is 2.50.